The lowest BCUT2D eigenvalue weighted by Crippen LogP contribution is -2.21. The third-order valence-electron chi connectivity index (χ3n) is 2.83. The largest absolute Gasteiger partial charge is 0.481 e. The van der Waals surface area contributed by atoms with E-state index in [1.54, 1.807) is 14.2 Å². The molecule has 108 valence electrons. The SMILES string of the molecule is COc1ncnc(OC)c1CNCCn1cc(C)cn1. The molecule has 0 radical (unpaired) electrons. The van der Waals surface area contributed by atoms with Crippen LogP contribution in [0.5, 0.6) is 11.8 Å². The van der Waals surface area contributed by atoms with Crippen LogP contribution < -0.4 is 14.8 Å². The fourth-order valence-electron chi connectivity index (χ4n) is 1.88. The van der Waals surface area contributed by atoms with E-state index in [4.69, 9.17) is 9.47 Å². The van der Waals surface area contributed by atoms with Gasteiger partial charge in [-0.05, 0) is 12.5 Å². The van der Waals surface area contributed by atoms with E-state index in [1.807, 2.05) is 24.0 Å². The van der Waals surface area contributed by atoms with Gasteiger partial charge in [-0.25, -0.2) is 9.97 Å². The first-order valence-corrected chi connectivity index (χ1v) is 6.36. The monoisotopic (exact) mass is 277 g/mol. The molecule has 2 heterocycles. The molecule has 0 atom stereocenters. The molecule has 7 heteroatoms. The van der Waals surface area contributed by atoms with E-state index in [2.05, 4.69) is 20.4 Å². The maximum Gasteiger partial charge on any atom is 0.224 e. The number of aromatic nitrogens is 4. The zero-order valence-corrected chi connectivity index (χ0v) is 12.0. The Morgan fingerprint density at radius 1 is 1.20 bits per heavy atom. The summed E-state index contributed by atoms with van der Waals surface area (Å²) in [5, 5.41) is 7.54. The first-order valence-electron chi connectivity index (χ1n) is 6.36. The van der Waals surface area contributed by atoms with Crippen LogP contribution in [0.2, 0.25) is 0 Å². The van der Waals surface area contributed by atoms with Crippen molar-refractivity contribution in [1.29, 1.82) is 0 Å². The van der Waals surface area contributed by atoms with E-state index in [1.165, 1.54) is 6.33 Å². The Labute approximate surface area is 118 Å². The number of aryl methyl sites for hydroxylation is 1. The van der Waals surface area contributed by atoms with E-state index >= 15 is 0 Å². The molecular weight excluding hydrogens is 258 g/mol. The molecule has 0 saturated carbocycles. The van der Waals surface area contributed by atoms with Crippen molar-refractivity contribution in [3.63, 3.8) is 0 Å². The highest BCUT2D eigenvalue weighted by Crippen LogP contribution is 2.22. The van der Waals surface area contributed by atoms with Crippen molar-refractivity contribution in [3.8, 4) is 11.8 Å². The molecule has 0 aromatic carbocycles. The average molecular weight is 277 g/mol. The molecule has 0 spiro atoms. The Morgan fingerprint density at radius 2 is 1.90 bits per heavy atom. The molecule has 20 heavy (non-hydrogen) atoms. The zero-order valence-electron chi connectivity index (χ0n) is 12.0. The molecule has 2 aromatic rings. The number of methoxy groups -OCH3 is 2. The topological polar surface area (TPSA) is 74.1 Å². The Kier molecular flexibility index (Phi) is 4.89. The first kappa shape index (κ1) is 14.3. The number of nitrogens with zero attached hydrogens (tertiary/aromatic N) is 4. The summed E-state index contributed by atoms with van der Waals surface area (Å²) in [6.07, 6.45) is 5.28. The predicted molar refractivity (Wildman–Crippen MR) is 73.8 cm³/mol. The Morgan fingerprint density at radius 3 is 2.45 bits per heavy atom. The maximum absolute atomic E-state index is 5.22. The Bertz CT molecular complexity index is 533. The molecule has 0 bridgehead atoms. The van der Waals surface area contributed by atoms with E-state index < -0.39 is 0 Å². The lowest BCUT2D eigenvalue weighted by Gasteiger charge is -2.11. The van der Waals surface area contributed by atoms with Crippen LogP contribution in [-0.4, -0.2) is 40.5 Å². The minimum atomic E-state index is 0.527. The second-order valence-corrected chi connectivity index (χ2v) is 4.33. The van der Waals surface area contributed by atoms with Crippen LogP contribution in [0, 0.1) is 6.92 Å². The molecule has 0 fully saturated rings. The molecule has 0 amide bonds. The van der Waals surface area contributed by atoms with Crippen LogP contribution >= 0.6 is 0 Å². The van der Waals surface area contributed by atoms with Crippen LogP contribution in [0.15, 0.2) is 18.7 Å². The summed E-state index contributed by atoms with van der Waals surface area (Å²) in [5.74, 6) is 1.05. The van der Waals surface area contributed by atoms with Gasteiger partial charge in [0.15, 0.2) is 0 Å². The summed E-state index contributed by atoms with van der Waals surface area (Å²) in [6.45, 7) is 4.18. The summed E-state index contributed by atoms with van der Waals surface area (Å²) in [4.78, 5) is 8.15. The normalized spacial score (nSPS) is 10.6. The standard InChI is InChI=1S/C13H19N5O2/c1-10-6-17-18(8-10)5-4-14-7-11-12(19-2)15-9-16-13(11)20-3/h6,8-9,14H,4-5,7H2,1-3H3. The molecule has 0 unspecified atom stereocenters. The van der Waals surface area contributed by atoms with Gasteiger partial charge in [0.1, 0.15) is 6.33 Å². The number of hydrogen-bond donors (Lipinski definition) is 1. The van der Waals surface area contributed by atoms with Crippen molar-refractivity contribution in [3.05, 3.63) is 29.8 Å². The Balaban J connectivity index is 1.90. The predicted octanol–water partition coefficient (Wildman–Crippen LogP) is 0.789. The van der Waals surface area contributed by atoms with Gasteiger partial charge in [-0.3, -0.25) is 4.68 Å². The summed E-state index contributed by atoms with van der Waals surface area (Å²) in [5.41, 5.74) is 1.97. The molecule has 1 N–H and O–H groups in total. The average Bonchev–Trinajstić information content (AvgIpc) is 2.89. The van der Waals surface area contributed by atoms with E-state index in [0.717, 1.165) is 24.2 Å². The van der Waals surface area contributed by atoms with Gasteiger partial charge in [0.25, 0.3) is 0 Å². The molecule has 2 aromatic heterocycles. The summed E-state index contributed by atoms with van der Waals surface area (Å²) in [7, 11) is 3.16. The molecule has 0 aliphatic heterocycles. The summed E-state index contributed by atoms with van der Waals surface area (Å²) < 4.78 is 12.3. The second kappa shape index (κ2) is 6.85. The lowest BCUT2D eigenvalue weighted by molar-refractivity contribution is 0.359. The highest BCUT2D eigenvalue weighted by Gasteiger charge is 2.11. The smallest absolute Gasteiger partial charge is 0.224 e. The van der Waals surface area contributed by atoms with Crippen molar-refractivity contribution in [2.24, 2.45) is 0 Å². The van der Waals surface area contributed by atoms with Crippen LogP contribution in [0.3, 0.4) is 0 Å². The summed E-state index contributed by atoms with van der Waals surface area (Å²) >= 11 is 0. The number of nitrogens with one attached hydrogen (secondary N) is 1. The van der Waals surface area contributed by atoms with Gasteiger partial charge in [0.2, 0.25) is 11.8 Å². The number of hydrogen-bond acceptors (Lipinski definition) is 6. The van der Waals surface area contributed by atoms with E-state index in [-0.39, 0.29) is 0 Å². The zero-order chi connectivity index (χ0) is 14.4. The molecule has 7 nitrogen and oxygen atoms in total. The van der Waals surface area contributed by atoms with Crippen molar-refractivity contribution in [2.75, 3.05) is 20.8 Å². The third kappa shape index (κ3) is 3.45. The molecule has 0 saturated heterocycles. The van der Waals surface area contributed by atoms with Crippen LogP contribution in [0.25, 0.3) is 0 Å². The van der Waals surface area contributed by atoms with Gasteiger partial charge in [-0.2, -0.15) is 5.10 Å². The van der Waals surface area contributed by atoms with Gasteiger partial charge in [-0.1, -0.05) is 0 Å². The minimum Gasteiger partial charge on any atom is -0.481 e. The fourth-order valence-corrected chi connectivity index (χ4v) is 1.88. The number of rotatable bonds is 7. The van der Waals surface area contributed by atoms with Gasteiger partial charge < -0.3 is 14.8 Å². The third-order valence-corrected chi connectivity index (χ3v) is 2.83. The molecule has 2 rings (SSSR count). The molecule has 0 aliphatic rings. The maximum atomic E-state index is 5.22. The van der Waals surface area contributed by atoms with Crippen LogP contribution in [0.4, 0.5) is 0 Å². The van der Waals surface area contributed by atoms with Crippen molar-refractivity contribution in [1.82, 2.24) is 25.1 Å². The van der Waals surface area contributed by atoms with Crippen molar-refractivity contribution >= 4 is 0 Å². The molecule has 0 aliphatic carbocycles. The van der Waals surface area contributed by atoms with Gasteiger partial charge in [0.05, 0.1) is 32.5 Å². The van der Waals surface area contributed by atoms with Gasteiger partial charge in [-0.15, -0.1) is 0 Å². The minimum absolute atomic E-state index is 0.527. The van der Waals surface area contributed by atoms with Crippen molar-refractivity contribution in [2.45, 2.75) is 20.0 Å². The van der Waals surface area contributed by atoms with Crippen LogP contribution in [0.1, 0.15) is 11.1 Å². The van der Waals surface area contributed by atoms with E-state index in [0.29, 0.717) is 18.3 Å². The quantitative estimate of drug-likeness (QED) is 0.754. The van der Waals surface area contributed by atoms with E-state index in [9.17, 15) is 0 Å². The first-order chi connectivity index (χ1) is 9.74. The summed E-state index contributed by atoms with van der Waals surface area (Å²) in [6, 6.07) is 0. The fraction of sp³-hybridized carbons (Fsp3) is 0.462. The highest BCUT2D eigenvalue weighted by molar-refractivity contribution is 5.34. The highest BCUT2D eigenvalue weighted by atomic mass is 16.5. The molecular formula is C13H19N5O2. The number of ether oxygens (including phenoxy) is 2. The Hall–Kier alpha value is -2.15. The van der Waals surface area contributed by atoms with Crippen molar-refractivity contribution < 1.29 is 9.47 Å². The lowest BCUT2D eigenvalue weighted by atomic mass is 10.3. The van der Waals surface area contributed by atoms with Gasteiger partial charge in [0, 0.05) is 19.3 Å². The van der Waals surface area contributed by atoms with Crippen LogP contribution in [-0.2, 0) is 13.1 Å². The van der Waals surface area contributed by atoms with Gasteiger partial charge >= 0.3 is 0 Å². The second-order valence-electron chi connectivity index (χ2n) is 4.33.